The summed E-state index contributed by atoms with van der Waals surface area (Å²) in [6.07, 6.45) is 1.83. The minimum absolute atomic E-state index is 0.114. The largest absolute Gasteiger partial charge is 0.392 e. The van der Waals surface area contributed by atoms with E-state index in [9.17, 15) is 0 Å². The van der Waals surface area contributed by atoms with Gasteiger partial charge in [-0.05, 0) is 24.1 Å². The normalized spacial score (nSPS) is 18.4. The number of hydrogen-bond acceptors (Lipinski definition) is 3. The van der Waals surface area contributed by atoms with Crippen LogP contribution in [0.1, 0.15) is 6.92 Å². The first-order valence-corrected chi connectivity index (χ1v) is 3.24. The lowest BCUT2D eigenvalue weighted by Crippen LogP contribution is -2.27. The molecular weight excluding hydrogens is 128 g/mol. The maximum atomic E-state index is 8.78. The molecule has 1 aliphatic rings. The third kappa shape index (κ3) is 1.30. The van der Waals surface area contributed by atoms with Crippen molar-refractivity contribution >= 4 is 0 Å². The van der Waals surface area contributed by atoms with Gasteiger partial charge in [0.15, 0.2) is 0 Å². The average molecular weight is 140 g/mol. The molecule has 0 saturated heterocycles. The Balaban J connectivity index is 2.80. The van der Waals surface area contributed by atoms with E-state index in [1.807, 2.05) is 13.0 Å². The molecular formula is C7H12N2O. The number of dihydropyridines is 1. The number of nitrogens with two attached hydrogens (primary N) is 1. The van der Waals surface area contributed by atoms with Gasteiger partial charge in [-0.1, -0.05) is 0 Å². The average Bonchev–Trinajstić information content (AvgIpc) is 1.88. The van der Waals surface area contributed by atoms with Crippen LogP contribution in [-0.4, -0.2) is 18.3 Å². The first kappa shape index (κ1) is 7.15. The van der Waals surface area contributed by atoms with Crippen LogP contribution in [0.5, 0.6) is 0 Å². The summed E-state index contributed by atoms with van der Waals surface area (Å²) in [7, 11) is 0. The molecule has 0 bridgehead atoms. The van der Waals surface area contributed by atoms with Crippen molar-refractivity contribution in [2.24, 2.45) is 5.73 Å². The van der Waals surface area contributed by atoms with Gasteiger partial charge in [0.25, 0.3) is 0 Å². The van der Waals surface area contributed by atoms with E-state index < -0.39 is 0 Å². The standard InChI is InChI=1S/C7H12N2O/c1-5-2-7(8)9-3-6(5)4-10/h2,9-10H,3-4,8H2,1H3. The minimum Gasteiger partial charge on any atom is -0.392 e. The van der Waals surface area contributed by atoms with Crippen LogP contribution in [0.4, 0.5) is 0 Å². The lowest BCUT2D eigenvalue weighted by atomic mass is 10.1. The maximum Gasteiger partial charge on any atom is 0.0965 e. The van der Waals surface area contributed by atoms with Crippen molar-refractivity contribution in [2.75, 3.05) is 13.2 Å². The van der Waals surface area contributed by atoms with Gasteiger partial charge in [0.2, 0.25) is 0 Å². The van der Waals surface area contributed by atoms with E-state index in [0.29, 0.717) is 12.4 Å². The topological polar surface area (TPSA) is 58.3 Å². The summed E-state index contributed by atoms with van der Waals surface area (Å²) in [6.45, 7) is 2.73. The smallest absolute Gasteiger partial charge is 0.0965 e. The number of hydrogen-bond donors (Lipinski definition) is 3. The molecule has 3 heteroatoms. The molecule has 0 fully saturated rings. The van der Waals surface area contributed by atoms with Crippen LogP contribution in [0.15, 0.2) is 23.0 Å². The number of rotatable bonds is 1. The summed E-state index contributed by atoms with van der Waals surface area (Å²) in [5.41, 5.74) is 7.55. The van der Waals surface area contributed by atoms with E-state index in [-0.39, 0.29) is 6.61 Å². The minimum atomic E-state index is 0.114. The van der Waals surface area contributed by atoms with Crippen molar-refractivity contribution in [3.05, 3.63) is 23.0 Å². The summed E-state index contributed by atoms with van der Waals surface area (Å²) < 4.78 is 0. The number of nitrogens with one attached hydrogen (secondary N) is 1. The second-order valence-corrected chi connectivity index (χ2v) is 2.40. The highest BCUT2D eigenvalue weighted by atomic mass is 16.3. The van der Waals surface area contributed by atoms with Crippen LogP contribution in [0, 0.1) is 0 Å². The molecule has 0 aromatic rings. The van der Waals surface area contributed by atoms with Crippen molar-refractivity contribution in [3.8, 4) is 0 Å². The highest BCUT2D eigenvalue weighted by molar-refractivity contribution is 5.31. The quantitative estimate of drug-likeness (QED) is 0.468. The van der Waals surface area contributed by atoms with Gasteiger partial charge in [-0.3, -0.25) is 0 Å². The van der Waals surface area contributed by atoms with E-state index in [1.165, 1.54) is 0 Å². The zero-order chi connectivity index (χ0) is 7.56. The summed E-state index contributed by atoms with van der Waals surface area (Å²) in [4.78, 5) is 0. The van der Waals surface area contributed by atoms with Gasteiger partial charge in [0.05, 0.1) is 12.4 Å². The van der Waals surface area contributed by atoms with Crippen molar-refractivity contribution in [2.45, 2.75) is 6.92 Å². The maximum absolute atomic E-state index is 8.78. The molecule has 1 rings (SSSR count). The second-order valence-electron chi connectivity index (χ2n) is 2.40. The SMILES string of the molecule is CC1=C(CO)CNC(N)=C1. The predicted octanol–water partition coefficient (Wildman–Crippen LogP) is -0.302. The Labute approximate surface area is 60.2 Å². The highest BCUT2D eigenvalue weighted by Crippen LogP contribution is 2.08. The van der Waals surface area contributed by atoms with Crippen LogP contribution in [0.3, 0.4) is 0 Å². The molecule has 10 heavy (non-hydrogen) atoms. The van der Waals surface area contributed by atoms with E-state index in [0.717, 1.165) is 11.1 Å². The second kappa shape index (κ2) is 2.75. The fourth-order valence-electron chi connectivity index (χ4n) is 0.915. The number of allylic oxidation sites excluding steroid dienone is 2. The molecule has 3 nitrogen and oxygen atoms in total. The van der Waals surface area contributed by atoms with Crippen molar-refractivity contribution < 1.29 is 5.11 Å². The van der Waals surface area contributed by atoms with Crippen molar-refractivity contribution in [3.63, 3.8) is 0 Å². The Morgan fingerprint density at radius 3 is 3.00 bits per heavy atom. The first-order valence-electron chi connectivity index (χ1n) is 3.24. The number of aliphatic hydroxyl groups is 1. The monoisotopic (exact) mass is 140 g/mol. The fraction of sp³-hybridized carbons (Fsp3) is 0.429. The van der Waals surface area contributed by atoms with Crippen LogP contribution in [-0.2, 0) is 0 Å². The zero-order valence-corrected chi connectivity index (χ0v) is 6.02. The molecule has 0 aromatic heterocycles. The van der Waals surface area contributed by atoms with Crippen LogP contribution in [0.2, 0.25) is 0 Å². The molecule has 4 N–H and O–H groups in total. The molecule has 0 aliphatic carbocycles. The van der Waals surface area contributed by atoms with Gasteiger partial charge in [-0.2, -0.15) is 0 Å². The Hall–Kier alpha value is -0.960. The third-order valence-electron chi connectivity index (χ3n) is 1.63. The predicted molar refractivity (Wildman–Crippen MR) is 40.1 cm³/mol. The lowest BCUT2D eigenvalue weighted by molar-refractivity contribution is 0.326. The summed E-state index contributed by atoms with van der Waals surface area (Å²) in [5, 5.41) is 11.7. The highest BCUT2D eigenvalue weighted by Gasteiger charge is 2.05. The molecule has 0 aromatic carbocycles. The molecule has 0 saturated carbocycles. The summed E-state index contributed by atoms with van der Waals surface area (Å²) >= 11 is 0. The summed E-state index contributed by atoms with van der Waals surface area (Å²) in [5.74, 6) is 0.676. The van der Waals surface area contributed by atoms with Gasteiger partial charge in [0.1, 0.15) is 0 Å². The van der Waals surface area contributed by atoms with Gasteiger partial charge in [-0.15, -0.1) is 0 Å². The van der Waals surface area contributed by atoms with Crippen molar-refractivity contribution in [1.82, 2.24) is 5.32 Å². The Bertz CT molecular complexity index is 194. The molecule has 0 atom stereocenters. The fourth-order valence-corrected chi connectivity index (χ4v) is 0.915. The molecule has 1 aliphatic heterocycles. The van der Waals surface area contributed by atoms with Crippen LogP contribution in [0.25, 0.3) is 0 Å². The molecule has 0 unspecified atom stereocenters. The number of aliphatic hydroxyl groups excluding tert-OH is 1. The molecule has 56 valence electrons. The van der Waals surface area contributed by atoms with Crippen LogP contribution < -0.4 is 11.1 Å². The first-order chi connectivity index (χ1) is 4.74. The van der Waals surface area contributed by atoms with E-state index in [2.05, 4.69) is 5.32 Å². The van der Waals surface area contributed by atoms with Gasteiger partial charge in [0, 0.05) is 6.54 Å². The Morgan fingerprint density at radius 2 is 2.50 bits per heavy atom. The van der Waals surface area contributed by atoms with Gasteiger partial charge >= 0.3 is 0 Å². The molecule has 0 amide bonds. The Morgan fingerprint density at radius 1 is 1.80 bits per heavy atom. The van der Waals surface area contributed by atoms with Gasteiger partial charge in [-0.25, -0.2) is 0 Å². The zero-order valence-electron chi connectivity index (χ0n) is 6.02. The van der Waals surface area contributed by atoms with E-state index in [4.69, 9.17) is 10.8 Å². The molecule has 1 heterocycles. The summed E-state index contributed by atoms with van der Waals surface area (Å²) in [6, 6.07) is 0. The third-order valence-corrected chi connectivity index (χ3v) is 1.63. The van der Waals surface area contributed by atoms with Crippen molar-refractivity contribution in [1.29, 1.82) is 0 Å². The van der Waals surface area contributed by atoms with Gasteiger partial charge < -0.3 is 16.2 Å². The van der Waals surface area contributed by atoms with E-state index in [1.54, 1.807) is 0 Å². The lowest BCUT2D eigenvalue weighted by Gasteiger charge is -2.15. The molecule has 0 radical (unpaired) electrons. The Kier molecular flexibility index (Phi) is 1.97. The molecule has 0 spiro atoms. The van der Waals surface area contributed by atoms with E-state index >= 15 is 0 Å². The van der Waals surface area contributed by atoms with Crippen LogP contribution >= 0.6 is 0 Å².